The number of carbonyl (C=O) groups is 2. The highest BCUT2D eigenvalue weighted by molar-refractivity contribution is 6.83. The lowest BCUT2D eigenvalue weighted by Gasteiger charge is -2.56. The Balaban J connectivity index is 3.06. The van der Waals surface area contributed by atoms with Crippen LogP contribution in [0.15, 0.2) is 40.6 Å². The van der Waals surface area contributed by atoms with E-state index in [1.165, 1.54) is 0 Å². The highest BCUT2D eigenvalue weighted by Gasteiger charge is 2.64. The summed E-state index contributed by atoms with van der Waals surface area (Å²) in [5, 5.41) is 6.08. The summed E-state index contributed by atoms with van der Waals surface area (Å²) in [7, 11) is -2.76. The van der Waals surface area contributed by atoms with E-state index in [2.05, 4.69) is 72.5 Å². The van der Waals surface area contributed by atoms with Gasteiger partial charge in [0.05, 0.1) is 0 Å². The van der Waals surface area contributed by atoms with Crippen LogP contribution in [-0.2, 0) is 4.43 Å². The first-order valence-corrected chi connectivity index (χ1v) is 10.9. The number of nitrogens with zero attached hydrogens (tertiary/aromatic N) is 2. The molecule has 6 nitrogen and oxygen atoms in total. The van der Waals surface area contributed by atoms with Gasteiger partial charge in [-0.05, 0) is 27.2 Å². The second-order valence-electron chi connectivity index (χ2n) is 9.68. The van der Waals surface area contributed by atoms with E-state index in [1.54, 1.807) is 30.3 Å². The zero-order valence-electron chi connectivity index (χ0n) is 17.9. The van der Waals surface area contributed by atoms with E-state index in [-0.39, 0.29) is 15.1 Å². The molecule has 1 rings (SSSR count). The quantitative estimate of drug-likeness (QED) is 0.396. The Bertz CT molecular complexity index is 659. The molecule has 2 amide bonds. The summed E-state index contributed by atoms with van der Waals surface area (Å²) in [4.78, 5) is 24.3. The fraction of sp³-hybridized carbons (Fsp3) is 0.600. The van der Waals surface area contributed by atoms with Crippen molar-refractivity contribution in [1.82, 2.24) is 0 Å². The van der Waals surface area contributed by atoms with E-state index in [4.69, 9.17) is 9.16 Å². The number of amides is 2. The SMILES string of the molecule is CC(C)(C)[Si](OC(=O)/N=N/C(=O)Oc1ccccc1)(C(C)(C)C)C(C)(C)C. The van der Waals surface area contributed by atoms with Crippen molar-refractivity contribution in [1.29, 1.82) is 0 Å². The van der Waals surface area contributed by atoms with Crippen molar-refractivity contribution in [3.8, 4) is 5.75 Å². The van der Waals surface area contributed by atoms with Gasteiger partial charge in [-0.15, -0.1) is 0 Å². The summed E-state index contributed by atoms with van der Waals surface area (Å²) in [6.07, 6.45) is -1.82. The normalized spacial score (nSPS) is 13.5. The Morgan fingerprint density at radius 3 is 1.56 bits per heavy atom. The van der Waals surface area contributed by atoms with Gasteiger partial charge in [-0.2, -0.15) is 0 Å². The van der Waals surface area contributed by atoms with Crippen LogP contribution in [0.1, 0.15) is 62.3 Å². The van der Waals surface area contributed by atoms with Gasteiger partial charge >= 0.3 is 12.2 Å². The molecule has 0 saturated heterocycles. The molecular formula is C20H32N2O4Si. The molecule has 7 heteroatoms. The second kappa shape index (κ2) is 7.92. The number of azo groups is 1. The van der Waals surface area contributed by atoms with Crippen molar-refractivity contribution in [2.24, 2.45) is 10.2 Å². The van der Waals surface area contributed by atoms with Crippen LogP contribution < -0.4 is 4.74 Å². The first-order valence-electron chi connectivity index (χ1n) is 9.03. The van der Waals surface area contributed by atoms with Crippen molar-refractivity contribution < 1.29 is 18.8 Å². The summed E-state index contributed by atoms with van der Waals surface area (Å²) >= 11 is 0. The Morgan fingerprint density at radius 2 is 1.15 bits per heavy atom. The van der Waals surface area contributed by atoms with Gasteiger partial charge in [0.25, 0.3) is 8.32 Å². The molecule has 0 bridgehead atoms. The highest BCUT2D eigenvalue weighted by atomic mass is 28.4. The van der Waals surface area contributed by atoms with Gasteiger partial charge in [-0.1, -0.05) is 90.7 Å². The van der Waals surface area contributed by atoms with Gasteiger partial charge < -0.3 is 9.16 Å². The molecule has 0 unspecified atom stereocenters. The highest BCUT2D eigenvalue weighted by Crippen LogP contribution is 2.62. The average molecular weight is 393 g/mol. The molecule has 0 heterocycles. The molecule has 0 radical (unpaired) electrons. The van der Waals surface area contributed by atoms with Gasteiger partial charge in [-0.25, -0.2) is 9.59 Å². The van der Waals surface area contributed by atoms with Crippen LogP contribution in [0.25, 0.3) is 0 Å². The van der Waals surface area contributed by atoms with Gasteiger partial charge in [0.15, 0.2) is 0 Å². The van der Waals surface area contributed by atoms with E-state index in [9.17, 15) is 9.59 Å². The number of hydrogen-bond acceptors (Lipinski definition) is 4. The van der Waals surface area contributed by atoms with Crippen LogP contribution in [0.5, 0.6) is 5.75 Å². The van der Waals surface area contributed by atoms with E-state index in [1.807, 2.05) is 0 Å². The fourth-order valence-corrected chi connectivity index (χ4v) is 12.6. The predicted molar refractivity (Wildman–Crippen MR) is 109 cm³/mol. The first-order chi connectivity index (χ1) is 12.1. The number of benzene rings is 1. The summed E-state index contributed by atoms with van der Waals surface area (Å²) in [6, 6.07) is 8.48. The Kier molecular flexibility index (Phi) is 6.75. The maximum atomic E-state index is 12.5. The fourth-order valence-electron chi connectivity index (χ4n) is 4.68. The van der Waals surface area contributed by atoms with Crippen molar-refractivity contribution in [2.45, 2.75) is 77.4 Å². The zero-order chi connectivity index (χ0) is 21.1. The Labute approximate surface area is 163 Å². The van der Waals surface area contributed by atoms with Crippen LogP contribution in [0.3, 0.4) is 0 Å². The smallest absolute Gasteiger partial charge is 0.458 e. The molecule has 0 aliphatic rings. The van der Waals surface area contributed by atoms with E-state index >= 15 is 0 Å². The standard InChI is InChI=1S/C20H32N2O4Si/c1-18(2,3)27(19(4,5)6,20(7,8)9)26-17(24)22-21-16(23)25-15-13-11-10-12-14-15/h10-14H,1-9H3/b22-21+. The van der Waals surface area contributed by atoms with E-state index in [0.29, 0.717) is 5.75 Å². The zero-order valence-corrected chi connectivity index (χ0v) is 18.9. The van der Waals surface area contributed by atoms with Gasteiger partial charge in [0.1, 0.15) is 5.75 Å². The largest absolute Gasteiger partial charge is 0.499 e. The molecule has 1 aromatic carbocycles. The minimum Gasteiger partial charge on any atom is -0.499 e. The molecule has 0 aliphatic carbocycles. The molecule has 0 atom stereocenters. The minimum atomic E-state index is -2.76. The van der Waals surface area contributed by atoms with Crippen LogP contribution in [0.4, 0.5) is 9.59 Å². The van der Waals surface area contributed by atoms with Crippen LogP contribution in [-0.4, -0.2) is 20.5 Å². The molecule has 0 saturated carbocycles. The van der Waals surface area contributed by atoms with Crippen molar-refractivity contribution in [3.63, 3.8) is 0 Å². The lowest BCUT2D eigenvalue weighted by atomic mass is 10.2. The summed E-state index contributed by atoms with van der Waals surface area (Å²) in [6.45, 7) is 18.8. The average Bonchev–Trinajstić information content (AvgIpc) is 2.48. The van der Waals surface area contributed by atoms with E-state index in [0.717, 1.165) is 0 Å². The van der Waals surface area contributed by atoms with Crippen LogP contribution >= 0.6 is 0 Å². The molecule has 1 aromatic rings. The molecular weight excluding hydrogens is 360 g/mol. The second-order valence-corrected chi connectivity index (χ2v) is 15.7. The minimum absolute atomic E-state index is 0.251. The number of hydrogen-bond donors (Lipinski definition) is 0. The van der Waals surface area contributed by atoms with E-state index < -0.39 is 20.5 Å². The molecule has 0 spiro atoms. The lowest BCUT2D eigenvalue weighted by molar-refractivity contribution is 0.189. The van der Waals surface area contributed by atoms with Crippen molar-refractivity contribution in [3.05, 3.63) is 30.3 Å². The molecule has 150 valence electrons. The molecule has 0 fully saturated rings. The predicted octanol–water partition coefficient (Wildman–Crippen LogP) is 7.12. The van der Waals surface area contributed by atoms with Crippen LogP contribution in [0.2, 0.25) is 15.1 Å². The first kappa shape index (κ1) is 23.0. The van der Waals surface area contributed by atoms with Gasteiger partial charge in [0.2, 0.25) is 0 Å². The number of para-hydroxylation sites is 1. The third-order valence-corrected chi connectivity index (χ3v) is 11.4. The number of rotatable bonds is 2. The summed E-state index contributed by atoms with van der Waals surface area (Å²) < 4.78 is 11.1. The summed E-state index contributed by atoms with van der Waals surface area (Å²) in [5.74, 6) is 0.331. The maximum Gasteiger partial charge on any atom is 0.458 e. The monoisotopic (exact) mass is 392 g/mol. The lowest BCUT2D eigenvalue weighted by Crippen LogP contribution is -2.61. The van der Waals surface area contributed by atoms with Crippen molar-refractivity contribution in [2.75, 3.05) is 0 Å². The van der Waals surface area contributed by atoms with Gasteiger partial charge in [0, 0.05) is 0 Å². The topological polar surface area (TPSA) is 77.3 Å². The number of ether oxygens (including phenoxy) is 1. The van der Waals surface area contributed by atoms with Crippen molar-refractivity contribution >= 4 is 20.5 Å². The molecule has 27 heavy (non-hydrogen) atoms. The molecule has 0 aliphatic heterocycles. The Morgan fingerprint density at radius 1 is 0.741 bits per heavy atom. The third kappa shape index (κ3) is 5.25. The maximum absolute atomic E-state index is 12.5. The number of carbonyl (C=O) groups excluding carboxylic acids is 2. The third-order valence-electron chi connectivity index (χ3n) is 4.57. The Hall–Kier alpha value is -2.02. The van der Waals surface area contributed by atoms with Gasteiger partial charge in [-0.3, -0.25) is 0 Å². The molecule has 0 N–H and O–H groups in total. The summed E-state index contributed by atoms with van der Waals surface area (Å²) in [5.41, 5.74) is 0. The molecule has 0 aromatic heterocycles. The van der Waals surface area contributed by atoms with Crippen LogP contribution in [0, 0.1) is 0 Å².